The van der Waals surface area contributed by atoms with Crippen molar-refractivity contribution in [2.24, 2.45) is 5.16 Å². The molecule has 4 rings (SSSR count). The molecule has 2 aliphatic heterocycles. The molecule has 0 aliphatic carbocycles. The zero-order chi connectivity index (χ0) is 38.6. The van der Waals surface area contributed by atoms with Crippen LogP contribution in [-0.2, 0) is 44.8 Å². The van der Waals surface area contributed by atoms with E-state index in [1.54, 1.807) is 72.9 Å². The number of fused-ring (bicyclic) bond motifs is 1. The number of carbonyl (C=O) groups is 5. The third-order valence-corrected chi connectivity index (χ3v) is 9.23. The molecule has 0 saturated carbocycles. The Kier molecular flexibility index (Phi) is 12.5. The SMILES string of the molecule is COc1ccc(COC(=O)C2=C(CCl)CS[C@@H]3[C@H](NC(=O)/C(=N\OC(C)(C)C(=O)OC(C)(C)C)c4nsc(NC(=O)OC(C)(C)C)n4)C(=O)N23)cc1. The van der Waals surface area contributed by atoms with Crippen molar-refractivity contribution in [3.8, 4) is 5.75 Å². The van der Waals surface area contributed by atoms with Gasteiger partial charge in [0.15, 0.2) is 0 Å². The summed E-state index contributed by atoms with van der Waals surface area (Å²) >= 11 is 8.19. The fourth-order valence-corrected chi connectivity index (χ4v) is 6.70. The summed E-state index contributed by atoms with van der Waals surface area (Å²) in [6.07, 6.45) is -0.808. The first-order valence-corrected chi connectivity index (χ1v) is 18.3. The van der Waals surface area contributed by atoms with Crippen LogP contribution in [0.25, 0.3) is 0 Å². The van der Waals surface area contributed by atoms with Crippen LogP contribution < -0.4 is 15.4 Å². The summed E-state index contributed by atoms with van der Waals surface area (Å²) in [5.74, 6) is -2.41. The Labute approximate surface area is 314 Å². The number of β-lactam (4-membered cyclic amide) rings is 1. The highest BCUT2D eigenvalue weighted by molar-refractivity contribution is 8.00. The molecule has 0 radical (unpaired) electrons. The monoisotopic (exact) mass is 780 g/mol. The maximum atomic E-state index is 13.8. The fourth-order valence-electron chi connectivity index (χ4n) is 4.47. The number of methoxy groups -OCH3 is 1. The van der Waals surface area contributed by atoms with Crippen molar-refractivity contribution >= 4 is 75.6 Å². The summed E-state index contributed by atoms with van der Waals surface area (Å²) in [4.78, 5) is 76.8. The van der Waals surface area contributed by atoms with Gasteiger partial charge in [0.2, 0.25) is 22.3 Å². The summed E-state index contributed by atoms with van der Waals surface area (Å²) in [6.45, 7) is 12.8. The zero-order valence-corrected chi connectivity index (χ0v) is 32.5. The van der Waals surface area contributed by atoms with Crippen LogP contribution in [0.1, 0.15) is 66.8 Å². The predicted octanol–water partition coefficient (Wildman–Crippen LogP) is 4.37. The molecule has 0 bridgehead atoms. The summed E-state index contributed by atoms with van der Waals surface area (Å²) in [7, 11) is 1.54. The molecule has 3 amide bonds. The summed E-state index contributed by atoms with van der Waals surface area (Å²) in [5, 5.41) is 8.29. The molecule has 2 aromatic rings. The second-order valence-corrected chi connectivity index (χ2v) is 16.1. The van der Waals surface area contributed by atoms with Gasteiger partial charge in [-0.15, -0.1) is 23.4 Å². The van der Waals surface area contributed by atoms with Gasteiger partial charge in [-0.3, -0.25) is 19.8 Å². The maximum absolute atomic E-state index is 13.8. The van der Waals surface area contributed by atoms with Crippen LogP contribution in [0.4, 0.5) is 9.93 Å². The van der Waals surface area contributed by atoms with Crippen molar-refractivity contribution in [1.82, 2.24) is 19.6 Å². The lowest BCUT2D eigenvalue weighted by Crippen LogP contribution is -2.71. The maximum Gasteiger partial charge on any atom is 0.414 e. The van der Waals surface area contributed by atoms with Crippen molar-refractivity contribution in [2.75, 3.05) is 24.1 Å². The number of nitrogens with zero attached hydrogens (tertiary/aromatic N) is 4. The van der Waals surface area contributed by atoms with E-state index in [1.807, 2.05) is 0 Å². The second kappa shape index (κ2) is 16.1. The van der Waals surface area contributed by atoms with Gasteiger partial charge in [0.05, 0.1) is 7.11 Å². The van der Waals surface area contributed by atoms with Crippen LogP contribution in [-0.4, -0.2) is 96.8 Å². The average Bonchev–Trinajstić information content (AvgIpc) is 3.51. The predicted molar refractivity (Wildman–Crippen MR) is 193 cm³/mol. The number of alkyl halides is 1. The van der Waals surface area contributed by atoms with E-state index in [2.05, 4.69) is 25.1 Å². The highest BCUT2D eigenvalue weighted by Gasteiger charge is 2.54. The number of hydrogen-bond donors (Lipinski definition) is 2. The number of nitrogens with one attached hydrogen (secondary N) is 2. The Balaban J connectivity index is 1.54. The second-order valence-electron chi connectivity index (χ2n) is 14.0. The van der Waals surface area contributed by atoms with Crippen LogP contribution in [0.3, 0.4) is 0 Å². The molecule has 2 aliphatic rings. The van der Waals surface area contributed by atoms with E-state index < -0.39 is 63.8 Å². The Hall–Kier alpha value is -4.42. The summed E-state index contributed by atoms with van der Waals surface area (Å²) < 4.78 is 25.5. The van der Waals surface area contributed by atoms with E-state index in [1.165, 1.54) is 30.5 Å². The Morgan fingerprint density at radius 1 is 1.02 bits per heavy atom. The molecule has 2 atom stereocenters. The summed E-state index contributed by atoms with van der Waals surface area (Å²) in [5.41, 5.74) is -2.60. The lowest BCUT2D eigenvalue weighted by Gasteiger charge is -2.49. The number of ether oxygens (including phenoxy) is 4. The van der Waals surface area contributed by atoms with E-state index in [9.17, 15) is 24.0 Å². The van der Waals surface area contributed by atoms with Gasteiger partial charge in [-0.05, 0) is 78.7 Å². The number of anilines is 1. The van der Waals surface area contributed by atoms with Crippen LogP contribution in [0.15, 0.2) is 40.7 Å². The number of rotatable bonds is 12. The summed E-state index contributed by atoms with van der Waals surface area (Å²) in [6, 6.07) is 5.84. The molecule has 1 aromatic carbocycles. The van der Waals surface area contributed by atoms with Gasteiger partial charge in [0, 0.05) is 23.2 Å². The van der Waals surface area contributed by atoms with Gasteiger partial charge >= 0.3 is 18.0 Å². The number of thioether (sulfide) groups is 1. The van der Waals surface area contributed by atoms with Gasteiger partial charge < -0.3 is 29.1 Å². The van der Waals surface area contributed by atoms with Crippen molar-refractivity contribution in [3.05, 3.63) is 46.9 Å². The Bertz CT molecular complexity index is 1760. The van der Waals surface area contributed by atoms with Crippen molar-refractivity contribution in [3.63, 3.8) is 0 Å². The van der Waals surface area contributed by atoms with Crippen LogP contribution >= 0.6 is 34.9 Å². The first-order chi connectivity index (χ1) is 24.2. The molecule has 52 heavy (non-hydrogen) atoms. The van der Waals surface area contributed by atoms with Gasteiger partial charge in [-0.1, -0.05) is 17.3 Å². The molecule has 1 aromatic heterocycles. The smallest absolute Gasteiger partial charge is 0.414 e. The average molecular weight is 781 g/mol. The molecular weight excluding hydrogens is 740 g/mol. The zero-order valence-electron chi connectivity index (χ0n) is 30.2. The topological polar surface area (TPSA) is 197 Å². The molecular formula is C33H41ClN6O10S2. The van der Waals surface area contributed by atoms with E-state index >= 15 is 0 Å². The normalized spacial score (nSPS) is 17.8. The molecule has 0 unspecified atom stereocenters. The molecule has 16 nitrogen and oxygen atoms in total. The number of carbonyl (C=O) groups excluding carboxylic acids is 5. The van der Waals surface area contributed by atoms with Crippen molar-refractivity contribution < 1.29 is 47.8 Å². The molecule has 3 heterocycles. The van der Waals surface area contributed by atoms with Crippen molar-refractivity contribution in [2.45, 2.75) is 90.2 Å². The van der Waals surface area contributed by atoms with Gasteiger partial charge in [0.25, 0.3) is 11.8 Å². The first kappa shape index (κ1) is 40.4. The van der Waals surface area contributed by atoms with Gasteiger partial charge in [0.1, 0.15) is 40.7 Å². The molecule has 1 saturated heterocycles. The highest BCUT2D eigenvalue weighted by atomic mass is 35.5. The minimum absolute atomic E-state index is 0.0121. The Morgan fingerprint density at radius 3 is 2.27 bits per heavy atom. The first-order valence-electron chi connectivity index (χ1n) is 15.9. The quantitative estimate of drug-likeness (QED) is 0.0770. The van der Waals surface area contributed by atoms with E-state index in [0.717, 1.165) is 11.5 Å². The third-order valence-electron chi connectivity index (χ3n) is 6.93. The number of aromatic nitrogens is 2. The standard InChI is InChI=1S/C33H41ClN6O10S2/c1-31(2,3)48-28(44)33(7,8)50-38-20(23-36-29(52-39-23)37-30(45)49-32(4,5)6)24(41)35-21-25(42)40-22(18(14-34)16-51-26(21)40)27(43)47-15-17-10-12-19(46-9)13-11-17/h10-13,21,26H,14-16H2,1-9H3,(H,35,41)(H,36,37,39,45)/b38-20-/t21-,26-/m1/s1. The molecule has 2 N–H and O–H groups in total. The van der Waals surface area contributed by atoms with Crippen LogP contribution in [0, 0.1) is 0 Å². The van der Waals surface area contributed by atoms with Gasteiger partial charge in [-0.25, -0.2) is 14.4 Å². The third kappa shape index (κ3) is 10.1. The number of hydrogen-bond acceptors (Lipinski definition) is 15. The Morgan fingerprint density at radius 2 is 1.67 bits per heavy atom. The minimum Gasteiger partial charge on any atom is -0.497 e. The lowest BCUT2D eigenvalue weighted by atomic mass is 10.0. The number of esters is 2. The van der Waals surface area contributed by atoms with E-state index in [4.69, 9.17) is 35.4 Å². The van der Waals surface area contributed by atoms with Crippen molar-refractivity contribution in [1.29, 1.82) is 0 Å². The number of amides is 3. The largest absolute Gasteiger partial charge is 0.497 e. The lowest BCUT2D eigenvalue weighted by molar-refractivity contribution is -0.179. The molecule has 282 valence electrons. The number of benzene rings is 1. The fraction of sp³-hybridized carbons (Fsp3) is 0.515. The van der Waals surface area contributed by atoms with E-state index in [0.29, 0.717) is 22.6 Å². The molecule has 19 heteroatoms. The van der Waals surface area contributed by atoms with Crippen LogP contribution in [0.5, 0.6) is 5.75 Å². The van der Waals surface area contributed by atoms with E-state index in [-0.39, 0.29) is 29.1 Å². The number of oxime groups is 1. The highest BCUT2D eigenvalue weighted by Crippen LogP contribution is 2.41. The minimum atomic E-state index is -1.67. The molecule has 0 spiro atoms. The molecule has 1 fully saturated rings. The van der Waals surface area contributed by atoms with Gasteiger partial charge in [-0.2, -0.15) is 9.36 Å². The van der Waals surface area contributed by atoms with Crippen LogP contribution in [0.2, 0.25) is 0 Å². The number of halogens is 1.